The maximum atomic E-state index is 5.49. The van der Waals surface area contributed by atoms with Gasteiger partial charge in [0, 0.05) is 51.4 Å². The molecule has 0 saturated carbocycles. The van der Waals surface area contributed by atoms with Crippen molar-refractivity contribution in [2.45, 2.75) is 39.8 Å². The van der Waals surface area contributed by atoms with Crippen molar-refractivity contribution in [2.24, 2.45) is 4.99 Å². The molecule has 0 amide bonds. The van der Waals surface area contributed by atoms with Crippen LogP contribution in [0.15, 0.2) is 23.2 Å². The number of fused-ring (bicyclic) bond motifs is 1. The Morgan fingerprint density at radius 2 is 1.83 bits per heavy atom. The molecule has 164 valence electrons. The van der Waals surface area contributed by atoms with Crippen LogP contribution in [0.3, 0.4) is 0 Å². The molecular formula is C21H36IN5O2. The molecule has 2 N–H and O–H groups in total. The molecule has 29 heavy (non-hydrogen) atoms. The number of hydrogen-bond donors (Lipinski definition) is 2. The summed E-state index contributed by atoms with van der Waals surface area (Å²) in [7, 11) is 0. The fourth-order valence-electron chi connectivity index (χ4n) is 3.43. The number of guanidine groups is 1. The lowest BCUT2D eigenvalue weighted by Crippen LogP contribution is -2.52. The van der Waals surface area contributed by atoms with Gasteiger partial charge >= 0.3 is 0 Å². The van der Waals surface area contributed by atoms with Gasteiger partial charge in [-0.3, -0.25) is 9.89 Å². The molecule has 0 radical (unpaired) electrons. The molecule has 8 heteroatoms. The second-order valence-electron chi connectivity index (χ2n) is 8.36. The van der Waals surface area contributed by atoms with Crippen LogP contribution in [0, 0.1) is 0 Å². The van der Waals surface area contributed by atoms with Gasteiger partial charge in [-0.2, -0.15) is 0 Å². The minimum atomic E-state index is 0. The average molecular weight is 517 g/mol. The normalized spacial score (nSPS) is 17.2. The SMILES string of the molecule is CCNC(=NCCNC(C)(C)C)N1CCN(Cc2ccc3c(c2)OCO3)CC1.I. The molecule has 0 aliphatic carbocycles. The van der Waals surface area contributed by atoms with Gasteiger partial charge in [0.2, 0.25) is 6.79 Å². The average Bonchev–Trinajstić information content (AvgIpc) is 3.12. The topological polar surface area (TPSA) is 61.4 Å². The van der Waals surface area contributed by atoms with Gasteiger partial charge in [0.1, 0.15) is 0 Å². The summed E-state index contributed by atoms with van der Waals surface area (Å²) in [4.78, 5) is 9.67. The molecule has 0 spiro atoms. The van der Waals surface area contributed by atoms with Gasteiger partial charge < -0.3 is 25.0 Å². The Bertz CT molecular complexity index is 670. The molecule has 2 aliphatic heterocycles. The van der Waals surface area contributed by atoms with Gasteiger partial charge in [-0.15, -0.1) is 24.0 Å². The first-order chi connectivity index (χ1) is 13.4. The highest BCUT2D eigenvalue weighted by molar-refractivity contribution is 14.0. The van der Waals surface area contributed by atoms with Crippen LogP contribution in [0.2, 0.25) is 0 Å². The summed E-state index contributed by atoms with van der Waals surface area (Å²) in [5.41, 5.74) is 1.40. The third-order valence-electron chi connectivity index (χ3n) is 4.88. The number of piperazine rings is 1. The summed E-state index contributed by atoms with van der Waals surface area (Å²) in [5, 5.41) is 6.94. The lowest BCUT2D eigenvalue weighted by atomic mass is 10.1. The number of halogens is 1. The minimum Gasteiger partial charge on any atom is -0.454 e. The van der Waals surface area contributed by atoms with Crippen LogP contribution >= 0.6 is 24.0 Å². The Hall–Kier alpha value is -1.26. The Morgan fingerprint density at radius 3 is 2.52 bits per heavy atom. The van der Waals surface area contributed by atoms with E-state index in [1.807, 2.05) is 6.07 Å². The highest BCUT2D eigenvalue weighted by atomic mass is 127. The van der Waals surface area contributed by atoms with Crippen LogP contribution in [0.25, 0.3) is 0 Å². The van der Waals surface area contributed by atoms with E-state index >= 15 is 0 Å². The molecule has 0 unspecified atom stereocenters. The number of aliphatic imine (C=N–C) groups is 1. The summed E-state index contributed by atoms with van der Waals surface area (Å²) < 4.78 is 10.9. The van der Waals surface area contributed by atoms with E-state index in [-0.39, 0.29) is 29.5 Å². The van der Waals surface area contributed by atoms with Gasteiger partial charge in [0.05, 0.1) is 6.54 Å². The number of hydrogen-bond acceptors (Lipinski definition) is 5. The molecule has 1 aromatic carbocycles. The lowest BCUT2D eigenvalue weighted by molar-refractivity contribution is 0.171. The van der Waals surface area contributed by atoms with E-state index in [1.165, 1.54) is 5.56 Å². The Kier molecular flexibility index (Phi) is 9.29. The fraction of sp³-hybridized carbons (Fsp3) is 0.667. The first-order valence-electron chi connectivity index (χ1n) is 10.3. The van der Waals surface area contributed by atoms with Crippen molar-refractivity contribution in [3.63, 3.8) is 0 Å². The van der Waals surface area contributed by atoms with Crippen molar-refractivity contribution < 1.29 is 9.47 Å². The van der Waals surface area contributed by atoms with Gasteiger partial charge in [-0.05, 0) is 45.4 Å². The number of ether oxygens (including phenoxy) is 2. The van der Waals surface area contributed by atoms with E-state index in [0.29, 0.717) is 6.79 Å². The molecule has 1 fully saturated rings. The maximum absolute atomic E-state index is 5.49. The zero-order valence-corrected chi connectivity index (χ0v) is 20.5. The van der Waals surface area contributed by atoms with Gasteiger partial charge in [-0.25, -0.2) is 0 Å². The van der Waals surface area contributed by atoms with Crippen molar-refractivity contribution in [3.8, 4) is 11.5 Å². The number of benzene rings is 1. The Balaban J connectivity index is 0.00000300. The smallest absolute Gasteiger partial charge is 0.231 e. The van der Waals surface area contributed by atoms with Crippen LogP contribution < -0.4 is 20.1 Å². The van der Waals surface area contributed by atoms with E-state index in [2.05, 4.69) is 60.3 Å². The predicted molar refractivity (Wildman–Crippen MR) is 129 cm³/mol. The van der Waals surface area contributed by atoms with Gasteiger partial charge in [0.15, 0.2) is 17.5 Å². The lowest BCUT2D eigenvalue weighted by Gasteiger charge is -2.36. The number of rotatable bonds is 6. The minimum absolute atomic E-state index is 0. The van der Waals surface area contributed by atoms with Crippen LogP contribution in [0.1, 0.15) is 33.3 Å². The van der Waals surface area contributed by atoms with Gasteiger partial charge in [0.25, 0.3) is 0 Å². The van der Waals surface area contributed by atoms with Crippen molar-refractivity contribution in [1.29, 1.82) is 0 Å². The van der Waals surface area contributed by atoms with Crippen LogP contribution in [-0.4, -0.2) is 73.9 Å². The highest BCUT2D eigenvalue weighted by Gasteiger charge is 2.21. The van der Waals surface area contributed by atoms with Gasteiger partial charge in [-0.1, -0.05) is 6.07 Å². The molecule has 7 nitrogen and oxygen atoms in total. The van der Waals surface area contributed by atoms with E-state index in [0.717, 1.165) is 69.8 Å². The third kappa shape index (κ3) is 7.49. The van der Waals surface area contributed by atoms with E-state index < -0.39 is 0 Å². The number of nitrogens with one attached hydrogen (secondary N) is 2. The van der Waals surface area contributed by atoms with Crippen molar-refractivity contribution in [1.82, 2.24) is 20.4 Å². The van der Waals surface area contributed by atoms with E-state index in [4.69, 9.17) is 14.5 Å². The molecule has 2 aliphatic rings. The summed E-state index contributed by atoms with van der Waals surface area (Å²) >= 11 is 0. The number of nitrogens with zero attached hydrogens (tertiary/aromatic N) is 3. The molecule has 1 aromatic rings. The highest BCUT2D eigenvalue weighted by Crippen LogP contribution is 2.32. The second kappa shape index (κ2) is 11.2. The molecule has 3 rings (SSSR count). The van der Waals surface area contributed by atoms with Crippen molar-refractivity contribution >= 4 is 29.9 Å². The zero-order chi connectivity index (χ0) is 20.0. The van der Waals surface area contributed by atoms with E-state index in [1.54, 1.807) is 0 Å². The van der Waals surface area contributed by atoms with Crippen molar-refractivity contribution in [2.75, 3.05) is 52.6 Å². The molecule has 1 saturated heterocycles. The zero-order valence-electron chi connectivity index (χ0n) is 18.2. The molecule has 2 heterocycles. The molecule has 0 bridgehead atoms. The summed E-state index contributed by atoms with van der Waals surface area (Å²) in [5.74, 6) is 2.74. The van der Waals surface area contributed by atoms with Crippen LogP contribution in [0.5, 0.6) is 11.5 Å². The summed E-state index contributed by atoms with van der Waals surface area (Å²) in [6.45, 7) is 16.5. The third-order valence-corrected chi connectivity index (χ3v) is 4.88. The standard InChI is InChI=1S/C21H35N5O2.HI/c1-5-22-20(23-8-9-24-21(2,3)4)26-12-10-25(11-13-26)15-17-6-7-18-19(14-17)28-16-27-18;/h6-7,14,24H,5,8-13,15-16H2,1-4H3,(H,22,23);1H. The Morgan fingerprint density at radius 1 is 1.10 bits per heavy atom. The largest absolute Gasteiger partial charge is 0.454 e. The Labute approximate surface area is 192 Å². The maximum Gasteiger partial charge on any atom is 0.231 e. The molecule has 0 aromatic heterocycles. The van der Waals surface area contributed by atoms with Crippen LogP contribution in [-0.2, 0) is 6.54 Å². The molecule has 0 atom stereocenters. The summed E-state index contributed by atoms with van der Waals surface area (Å²) in [6.07, 6.45) is 0. The summed E-state index contributed by atoms with van der Waals surface area (Å²) in [6, 6.07) is 6.24. The first kappa shape index (κ1) is 24.0. The second-order valence-corrected chi connectivity index (χ2v) is 8.36. The fourth-order valence-corrected chi connectivity index (χ4v) is 3.43. The molecular weight excluding hydrogens is 481 g/mol. The quantitative estimate of drug-likeness (QED) is 0.262. The predicted octanol–water partition coefficient (Wildman–Crippen LogP) is 2.50. The van der Waals surface area contributed by atoms with Crippen molar-refractivity contribution in [3.05, 3.63) is 23.8 Å². The monoisotopic (exact) mass is 517 g/mol. The van der Waals surface area contributed by atoms with E-state index in [9.17, 15) is 0 Å². The van der Waals surface area contributed by atoms with Crippen LogP contribution in [0.4, 0.5) is 0 Å². The first-order valence-corrected chi connectivity index (χ1v) is 10.3.